The highest BCUT2D eigenvalue weighted by Gasteiger charge is 2.15. The van der Waals surface area contributed by atoms with Gasteiger partial charge in [0.15, 0.2) is 0 Å². The van der Waals surface area contributed by atoms with Crippen LogP contribution in [0.5, 0.6) is 0 Å². The molecule has 8 heteroatoms. The smallest absolute Gasteiger partial charge is 0.261 e. The maximum Gasteiger partial charge on any atom is 0.261 e. The number of benzene rings is 2. The Bertz CT molecular complexity index is 850. The third-order valence-corrected chi connectivity index (χ3v) is 4.98. The second kappa shape index (κ2) is 9.48. The lowest BCUT2D eigenvalue weighted by atomic mass is 10.2. The molecule has 2 N–H and O–H groups in total. The number of ether oxygens (including phenoxy) is 1. The average molecular weight is 394 g/mol. The van der Waals surface area contributed by atoms with Gasteiger partial charge in [-0.3, -0.25) is 9.52 Å². The van der Waals surface area contributed by atoms with Crippen LogP contribution in [-0.4, -0.2) is 33.6 Å². The number of carbonyl (C=O) groups excluding carboxylic acids is 1. The summed E-state index contributed by atoms with van der Waals surface area (Å²) in [5, 5.41) is 2.76. The molecule has 0 heterocycles. The fourth-order valence-electron chi connectivity index (χ4n) is 2.21. The van der Waals surface area contributed by atoms with Gasteiger partial charge < -0.3 is 10.1 Å². The second-order valence-corrected chi connectivity index (χ2v) is 7.85. The summed E-state index contributed by atoms with van der Waals surface area (Å²) in [5.41, 5.74) is 0.613. The molecule has 0 saturated heterocycles. The van der Waals surface area contributed by atoms with E-state index in [0.29, 0.717) is 25.1 Å². The van der Waals surface area contributed by atoms with Crippen molar-refractivity contribution in [3.63, 3.8) is 0 Å². The molecule has 0 atom stereocenters. The van der Waals surface area contributed by atoms with Crippen LogP contribution in [0.3, 0.4) is 0 Å². The topological polar surface area (TPSA) is 84.5 Å². The lowest BCUT2D eigenvalue weighted by Gasteiger charge is -2.10. The Morgan fingerprint density at radius 1 is 1.07 bits per heavy atom. The molecular formula is C19H23FN2O4S. The number of nitrogens with one attached hydrogen (secondary N) is 2. The van der Waals surface area contributed by atoms with Crippen LogP contribution in [0.4, 0.5) is 10.1 Å². The molecule has 0 aliphatic rings. The molecule has 1 amide bonds. The van der Waals surface area contributed by atoms with E-state index in [9.17, 15) is 17.6 Å². The number of sulfonamides is 1. The zero-order chi connectivity index (χ0) is 19.9. The molecule has 0 aromatic heterocycles. The third-order valence-electron chi connectivity index (χ3n) is 3.58. The summed E-state index contributed by atoms with van der Waals surface area (Å²) in [6.45, 7) is 4.92. The van der Waals surface area contributed by atoms with Gasteiger partial charge in [0.2, 0.25) is 0 Å². The van der Waals surface area contributed by atoms with Crippen molar-refractivity contribution in [2.75, 3.05) is 17.9 Å². The van der Waals surface area contributed by atoms with Gasteiger partial charge in [-0.2, -0.15) is 0 Å². The lowest BCUT2D eigenvalue weighted by molar-refractivity contribution is 0.0757. The number of hydrogen-bond donors (Lipinski definition) is 2. The van der Waals surface area contributed by atoms with Gasteiger partial charge in [-0.1, -0.05) is 0 Å². The number of rotatable bonds is 9. The van der Waals surface area contributed by atoms with Crippen LogP contribution in [0.1, 0.15) is 30.6 Å². The molecule has 6 nitrogen and oxygen atoms in total. The Labute approximate surface area is 158 Å². The molecule has 2 aromatic rings. The Balaban J connectivity index is 1.93. The quantitative estimate of drug-likeness (QED) is 0.640. The Hall–Kier alpha value is -2.45. The zero-order valence-electron chi connectivity index (χ0n) is 15.2. The highest BCUT2D eigenvalue weighted by molar-refractivity contribution is 7.92. The first kappa shape index (κ1) is 20.9. The van der Waals surface area contributed by atoms with Crippen molar-refractivity contribution in [3.05, 3.63) is 59.9 Å². The number of amides is 1. The van der Waals surface area contributed by atoms with Gasteiger partial charge in [0, 0.05) is 24.4 Å². The van der Waals surface area contributed by atoms with E-state index in [-0.39, 0.29) is 22.6 Å². The molecular weight excluding hydrogens is 371 g/mol. The van der Waals surface area contributed by atoms with Crippen LogP contribution in [0.25, 0.3) is 0 Å². The van der Waals surface area contributed by atoms with Crippen LogP contribution in [-0.2, 0) is 14.8 Å². The molecule has 0 saturated carbocycles. The zero-order valence-corrected chi connectivity index (χ0v) is 16.1. The van der Waals surface area contributed by atoms with Gasteiger partial charge in [0.1, 0.15) is 5.82 Å². The molecule has 0 unspecified atom stereocenters. The highest BCUT2D eigenvalue weighted by Crippen LogP contribution is 2.17. The van der Waals surface area contributed by atoms with Crippen molar-refractivity contribution in [2.45, 2.75) is 31.3 Å². The lowest BCUT2D eigenvalue weighted by Crippen LogP contribution is -2.25. The summed E-state index contributed by atoms with van der Waals surface area (Å²) < 4.78 is 45.4. The van der Waals surface area contributed by atoms with E-state index in [4.69, 9.17) is 4.74 Å². The van der Waals surface area contributed by atoms with E-state index in [2.05, 4.69) is 10.0 Å². The van der Waals surface area contributed by atoms with Crippen molar-refractivity contribution in [2.24, 2.45) is 0 Å². The van der Waals surface area contributed by atoms with Crippen LogP contribution in [0, 0.1) is 5.82 Å². The molecule has 146 valence electrons. The summed E-state index contributed by atoms with van der Waals surface area (Å²) in [4.78, 5) is 12.1. The van der Waals surface area contributed by atoms with Crippen LogP contribution >= 0.6 is 0 Å². The Kier molecular flexibility index (Phi) is 7.32. The summed E-state index contributed by atoms with van der Waals surface area (Å²) in [5.74, 6) is -0.737. The maximum atomic E-state index is 12.9. The second-order valence-electron chi connectivity index (χ2n) is 6.17. The van der Waals surface area contributed by atoms with E-state index in [0.717, 1.165) is 12.1 Å². The van der Waals surface area contributed by atoms with Crippen molar-refractivity contribution in [1.29, 1.82) is 0 Å². The maximum absolute atomic E-state index is 12.9. The molecule has 0 aliphatic carbocycles. The summed E-state index contributed by atoms with van der Waals surface area (Å²) >= 11 is 0. The number of halogens is 1. The van der Waals surface area contributed by atoms with E-state index < -0.39 is 15.8 Å². The molecule has 2 rings (SSSR count). The molecule has 0 radical (unpaired) electrons. The van der Waals surface area contributed by atoms with E-state index in [1.807, 2.05) is 13.8 Å². The molecule has 2 aromatic carbocycles. The fourth-order valence-corrected chi connectivity index (χ4v) is 3.27. The number of carbonyl (C=O) groups is 1. The summed E-state index contributed by atoms with van der Waals surface area (Å²) in [6.07, 6.45) is 0.844. The molecule has 0 bridgehead atoms. The SMILES string of the molecule is CC(C)OCCCNC(=O)c1ccc(S(=O)(=O)Nc2ccc(F)cc2)cc1. The minimum absolute atomic E-state index is 0.00806. The first-order valence-electron chi connectivity index (χ1n) is 8.56. The van der Waals surface area contributed by atoms with E-state index >= 15 is 0 Å². The minimum Gasteiger partial charge on any atom is -0.379 e. The van der Waals surface area contributed by atoms with Crippen LogP contribution in [0.2, 0.25) is 0 Å². The number of hydrogen-bond acceptors (Lipinski definition) is 4. The fraction of sp³-hybridized carbons (Fsp3) is 0.316. The highest BCUT2D eigenvalue weighted by atomic mass is 32.2. The Morgan fingerprint density at radius 3 is 2.30 bits per heavy atom. The van der Waals surface area contributed by atoms with Crippen molar-refractivity contribution >= 4 is 21.6 Å². The average Bonchev–Trinajstić information content (AvgIpc) is 2.63. The molecule has 0 spiro atoms. The van der Waals surface area contributed by atoms with Gasteiger partial charge >= 0.3 is 0 Å². The normalized spacial score (nSPS) is 11.4. The summed E-state index contributed by atoms with van der Waals surface area (Å²) in [6, 6.07) is 10.6. The van der Waals surface area contributed by atoms with E-state index in [1.165, 1.54) is 36.4 Å². The minimum atomic E-state index is -3.82. The standard InChI is InChI=1S/C19H23FN2O4S/c1-14(2)26-13-3-12-21-19(23)15-4-10-18(11-5-15)27(24,25)22-17-8-6-16(20)7-9-17/h4-11,14,22H,3,12-13H2,1-2H3,(H,21,23). The van der Waals surface area contributed by atoms with Crippen molar-refractivity contribution < 1.29 is 22.3 Å². The predicted molar refractivity (Wildman–Crippen MR) is 102 cm³/mol. The van der Waals surface area contributed by atoms with Gasteiger partial charge in [0.05, 0.1) is 11.0 Å². The van der Waals surface area contributed by atoms with Crippen LogP contribution in [0.15, 0.2) is 53.4 Å². The van der Waals surface area contributed by atoms with E-state index in [1.54, 1.807) is 0 Å². The third kappa shape index (κ3) is 6.65. The van der Waals surface area contributed by atoms with Gasteiger partial charge in [0.25, 0.3) is 15.9 Å². The van der Waals surface area contributed by atoms with Crippen LogP contribution < -0.4 is 10.0 Å². The molecule has 0 fully saturated rings. The largest absolute Gasteiger partial charge is 0.379 e. The first-order chi connectivity index (χ1) is 12.8. The Morgan fingerprint density at radius 2 is 1.70 bits per heavy atom. The molecule has 27 heavy (non-hydrogen) atoms. The van der Waals surface area contributed by atoms with Crippen molar-refractivity contribution in [3.8, 4) is 0 Å². The van der Waals surface area contributed by atoms with Crippen molar-refractivity contribution in [1.82, 2.24) is 5.32 Å². The summed E-state index contributed by atoms with van der Waals surface area (Å²) in [7, 11) is -3.82. The van der Waals surface area contributed by atoms with Gasteiger partial charge in [-0.05, 0) is 68.8 Å². The first-order valence-corrected chi connectivity index (χ1v) is 10.0. The monoisotopic (exact) mass is 394 g/mol. The molecule has 0 aliphatic heterocycles. The van der Waals surface area contributed by atoms with Gasteiger partial charge in [-0.15, -0.1) is 0 Å². The predicted octanol–water partition coefficient (Wildman–Crippen LogP) is 3.17. The van der Waals surface area contributed by atoms with Gasteiger partial charge in [-0.25, -0.2) is 12.8 Å². The number of anilines is 1.